The summed E-state index contributed by atoms with van der Waals surface area (Å²) in [5.74, 6) is -1.66. The molecule has 0 aliphatic heterocycles. The van der Waals surface area contributed by atoms with Crippen LogP contribution < -0.4 is 10.1 Å². The molecular weight excluding hydrogens is 265 g/mol. The van der Waals surface area contributed by atoms with Gasteiger partial charge in [0.2, 0.25) is 5.88 Å². The van der Waals surface area contributed by atoms with Gasteiger partial charge in [0, 0.05) is 7.05 Å². The van der Waals surface area contributed by atoms with Gasteiger partial charge in [0.25, 0.3) is 5.91 Å². The van der Waals surface area contributed by atoms with Crippen LogP contribution >= 0.6 is 0 Å². The molecule has 1 heterocycles. The first kappa shape index (κ1) is 13.9. The van der Waals surface area contributed by atoms with Crippen molar-refractivity contribution in [2.45, 2.75) is 6.92 Å². The summed E-state index contributed by atoms with van der Waals surface area (Å²) in [4.78, 5) is 12.1. The predicted octanol–water partition coefficient (Wildman–Crippen LogP) is 1.83. The number of aromatic nitrogens is 2. The van der Waals surface area contributed by atoms with E-state index in [0.29, 0.717) is 17.3 Å². The quantitative estimate of drug-likeness (QED) is 0.898. The molecule has 0 saturated heterocycles. The first-order chi connectivity index (χ1) is 9.45. The Kier molecular flexibility index (Phi) is 3.60. The second kappa shape index (κ2) is 5.20. The van der Waals surface area contributed by atoms with Crippen molar-refractivity contribution in [3.63, 3.8) is 0 Å². The number of nitrogens with one attached hydrogen (secondary N) is 1. The molecule has 1 amide bonds. The summed E-state index contributed by atoms with van der Waals surface area (Å²) in [6.07, 6.45) is 0. The minimum absolute atomic E-state index is 0.336. The molecule has 0 saturated carbocycles. The lowest BCUT2D eigenvalue weighted by Gasteiger charge is -2.09. The lowest BCUT2D eigenvalue weighted by molar-refractivity contribution is 0.102. The number of amides is 1. The highest BCUT2D eigenvalue weighted by molar-refractivity contribution is 6.07. The maximum absolute atomic E-state index is 13.6. The number of carbonyl (C=O) groups is 1. The average Bonchev–Trinajstić information content (AvgIpc) is 2.63. The molecule has 2 aromatic rings. The van der Waals surface area contributed by atoms with E-state index in [9.17, 15) is 14.3 Å². The van der Waals surface area contributed by atoms with Crippen molar-refractivity contribution in [1.82, 2.24) is 9.78 Å². The molecule has 0 aliphatic carbocycles. The van der Waals surface area contributed by atoms with Crippen LogP contribution in [-0.4, -0.2) is 27.9 Å². The van der Waals surface area contributed by atoms with Crippen LogP contribution in [0, 0.1) is 12.7 Å². The van der Waals surface area contributed by atoms with Crippen molar-refractivity contribution in [3.05, 3.63) is 35.3 Å². The van der Waals surface area contributed by atoms with E-state index in [4.69, 9.17) is 4.74 Å². The molecule has 7 heteroatoms. The summed E-state index contributed by atoms with van der Waals surface area (Å²) in [5.41, 5.74) is 0.439. The fourth-order valence-electron chi connectivity index (χ4n) is 1.93. The number of hydrogen-bond donors (Lipinski definition) is 2. The Morgan fingerprint density at radius 3 is 2.80 bits per heavy atom. The van der Waals surface area contributed by atoms with Crippen molar-refractivity contribution in [2.75, 3.05) is 12.4 Å². The number of ether oxygens (including phenoxy) is 1. The number of aryl methyl sites for hydroxylation is 2. The summed E-state index contributed by atoms with van der Waals surface area (Å²) >= 11 is 0. The first-order valence-electron chi connectivity index (χ1n) is 5.82. The van der Waals surface area contributed by atoms with Crippen LogP contribution in [0.25, 0.3) is 0 Å². The molecule has 0 spiro atoms. The van der Waals surface area contributed by atoms with E-state index < -0.39 is 23.0 Å². The molecule has 6 nitrogen and oxygen atoms in total. The van der Waals surface area contributed by atoms with Crippen LogP contribution in [0.3, 0.4) is 0 Å². The topological polar surface area (TPSA) is 76.4 Å². The molecule has 0 unspecified atom stereocenters. The van der Waals surface area contributed by atoms with E-state index in [1.54, 1.807) is 14.0 Å². The van der Waals surface area contributed by atoms with Gasteiger partial charge in [-0.25, -0.2) is 9.07 Å². The number of anilines is 1. The molecule has 0 aliphatic rings. The molecule has 2 rings (SSSR count). The summed E-state index contributed by atoms with van der Waals surface area (Å²) in [5, 5.41) is 16.2. The summed E-state index contributed by atoms with van der Waals surface area (Å²) < 4.78 is 20.2. The van der Waals surface area contributed by atoms with Gasteiger partial charge in [0.1, 0.15) is 22.8 Å². The number of carbonyl (C=O) groups excluding carboxylic acids is 1. The third-order valence-electron chi connectivity index (χ3n) is 2.82. The maximum atomic E-state index is 13.6. The van der Waals surface area contributed by atoms with Gasteiger partial charge in [0.05, 0.1) is 12.8 Å². The Morgan fingerprint density at radius 1 is 1.50 bits per heavy atom. The second-order valence-corrected chi connectivity index (χ2v) is 4.18. The lowest BCUT2D eigenvalue weighted by atomic mass is 10.1. The van der Waals surface area contributed by atoms with Crippen LogP contribution in [0.2, 0.25) is 0 Å². The summed E-state index contributed by atoms with van der Waals surface area (Å²) in [6, 6.07) is 3.66. The standard InChI is InChI=1S/C13H14FN3O3/c1-7-11(13(20-3)17(2)16-7)15-12(19)10-8(14)5-4-6-9(10)18/h4-6,18H,1-3H3,(H,15,19). The number of rotatable bonds is 3. The number of hydrogen-bond acceptors (Lipinski definition) is 4. The highest BCUT2D eigenvalue weighted by Crippen LogP contribution is 2.29. The molecule has 0 fully saturated rings. The number of phenols is 1. The predicted molar refractivity (Wildman–Crippen MR) is 70.5 cm³/mol. The van der Waals surface area contributed by atoms with Crippen molar-refractivity contribution in [3.8, 4) is 11.6 Å². The molecule has 0 radical (unpaired) electrons. The van der Waals surface area contributed by atoms with Gasteiger partial charge in [-0.15, -0.1) is 0 Å². The van der Waals surface area contributed by atoms with E-state index in [1.807, 2.05) is 0 Å². The fraction of sp³-hybridized carbons (Fsp3) is 0.231. The monoisotopic (exact) mass is 279 g/mol. The van der Waals surface area contributed by atoms with Crippen LogP contribution in [0.15, 0.2) is 18.2 Å². The van der Waals surface area contributed by atoms with Crippen LogP contribution in [0.1, 0.15) is 16.1 Å². The van der Waals surface area contributed by atoms with E-state index in [1.165, 1.54) is 23.9 Å². The van der Waals surface area contributed by atoms with Crippen LogP contribution in [0.5, 0.6) is 11.6 Å². The van der Waals surface area contributed by atoms with Gasteiger partial charge in [-0.1, -0.05) is 6.07 Å². The minimum atomic E-state index is -0.803. The zero-order chi connectivity index (χ0) is 14.9. The summed E-state index contributed by atoms with van der Waals surface area (Å²) in [6.45, 7) is 1.68. The molecule has 2 N–H and O–H groups in total. The van der Waals surface area contributed by atoms with Crippen LogP contribution in [0.4, 0.5) is 10.1 Å². The normalized spacial score (nSPS) is 10.4. The number of phenolic OH excluding ortho intramolecular Hbond substituents is 1. The highest BCUT2D eigenvalue weighted by atomic mass is 19.1. The van der Waals surface area contributed by atoms with Crippen LogP contribution in [-0.2, 0) is 7.05 Å². The molecule has 20 heavy (non-hydrogen) atoms. The molecular formula is C13H14FN3O3. The third kappa shape index (κ3) is 2.29. The Bertz CT molecular complexity index is 647. The van der Waals surface area contributed by atoms with E-state index in [-0.39, 0.29) is 0 Å². The van der Waals surface area contributed by atoms with E-state index >= 15 is 0 Å². The van der Waals surface area contributed by atoms with Gasteiger partial charge < -0.3 is 15.2 Å². The SMILES string of the molecule is COc1c(NC(=O)c2c(O)cccc2F)c(C)nn1C. The van der Waals surface area contributed by atoms with Crippen molar-refractivity contribution in [1.29, 1.82) is 0 Å². The molecule has 1 aromatic carbocycles. The van der Waals surface area contributed by atoms with Gasteiger partial charge in [0.15, 0.2) is 0 Å². The zero-order valence-electron chi connectivity index (χ0n) is 11.3. The second-order valence-electron chi connectivity index (χ2n) is 4.18. The lowest BCUT2D eigenvalue weighted by Crippen LogP contribution is -2.15. The molecule has 1 aromatic heterocycles. The Balaban J connectivity index is 2.38. The zero-order valence-corrected chi connectivity index (χ0v) is 11.3. The van der Waals surface area contributed by atoms with E-state index in [0.717, 1.165) is 6.07 Å². The smallest absolute Gasteiger partial charge is 0.262 e. The van der Waals surface area contributed by atoms with Gasteiger partial charge >= 0.3 is 0 Å². The molecule has 0 bridgehead atoms. The third-order valence-corrected chi connectivity index (χ3v) is 2.82. The Hall–Kier alpha value is -2.57. The van der Waals surface area contributed by atoms with Gasteiger partial charge in [-0.2, -0.15) is 5.10 Å². The number of benzene rings is 1. The average molecular weight is 279 g/mol. The summed E-state index contributed by atoms with van der Waals surface area (Å²) in [7, 11) is 3.09. The highest BCUT2D eigenvalue weighted by Gasteiger charge is 2.21. The van der Waals surface area contributed by atoms with Crippen molar-refractivity contribution >= 4 is 11.6 Å². The van der Waals surface area contributed by atoms with Gasteiger partial charge in [-0.05, 0) is 19.1 Å². The Morgan fingerprint density at radius 2 is 2.20 bits per heavy atom. The first-order valence-corrected chi connectivity index (χ1v) is 5.82. The number of halogens is 1. The minimum Gasteiger partial charge on any atom is -0.507 e. The van der Waals surface area contributed by atoms with Crippen molar-refractivity contribution < 1.29 is 19.0 Å². The fourth-order valence-corrected chi connectivity index (χ4v) is 1.93. The number of nitrogens with zero attached hydrogens (tertiary/aromatic N) is 2. The van der Waals surface area contributed by atoms with E-state index in [2.05, 4.69) is 10.4 Å². The maximum Gasteiger partial charge on any atom is 0.262 e. The number of aromatic hydroxyl groups is 1. The molecule has 0 atom stereocenters. The molecule has 106 valence electrons. The van der Waals surface area contributed by atoms with Crippen molar-refractivity contribution in [2.24, 2.45) is 7.05 Å². The largest absolute Gasteiger partial charge is 0.507 e. The Labute approximate surface area is 114 Å². The van der Waals surface area contributed by atoms with Gasteiger partial charge in [-0.3, -0.25) is 4.79 Å². The number of methoxy groups -OCH3 is 1.